The predicted molar refractivity (Wildman–Crippen MR) is 51.9 cm³/mol. The molecule has 0 amide bonds. The van der Waals surface area contributed by atoms with Gasteiger partial charge in [-0.3, -0.25) is 4.99 Å². The third-order valence-corrected chi connectivity index (χ3v) is 1.51. The van der Waals surface area contributed by atoms with Crippen molar-refractivity contribution in [3.05, 3.63) is 24.9 Å². The molecule has 0 atom stereocenters. The van der Waals surface area contributed by atoms with E-state index in [0.717, 1.165) is 12.1 Å². The Morgan fingerprint density at radius 3 is 2.45 bits per heavy atom. The molecular weight excluding hydrogens is 134 g/mol. The Hall–Kier alpha value is -0.850. The smallest absolute Gasteiger partial charge is 0.0325 e. The van der Waals surface area contributed by atoms with Gasteiger partial charge in [-0.2, -0.15) is 0 Å². The average Bonchev–Trinajstić information content (AvgIpc) is 2.00. The molecule has 0 aromatic heterocycles. The number of aliphatic imine (C=N–C) groups is 1. The van der Waals surface area contributed by atoms with Crippen LogP contribution in [-0.4, -0.2) is 6.21 Å². The molecule has 0 aliphatic rings. The van der Waals surface area contributed by atoms with E-state index in [2.05, 4.69) is 32.0 Å². The van der Waals surface area contributed by atoms with Crippen molar-refractivity contribution < 1.29 is 0 Å². The highest BCUT2D eigenvalue weighted by Crippen LogP contribution is 2.13. The molecular formula is C10H17N. The Bertz CT molecular complexity index is 175. The Morgan fingerprint density at radius 1 is 1.55 bits per heavy atom. The molecule has 0 N–H and O–H groups in total. The topological polar surface area (TPSA) is 12.4 Å². The summed E-state index contributed by atoms with van der Waals surface area (Å²) in [6, 6.07) is 0. The zero-order valence-electron chi connectivity index (χ0n) is 7.72. The van der Waals surface area contributed by atoms with Crippen LogP contribution in [0.15, 0.2) is 29.9 Å². The Morgan fingerprint density at radius 2 is 2.09 bits per heavy atom. The highest BCUT2D eigenvalue weighted by molar-refractivity contribution is 5.68. The summed E-state index contributed by atoms with van der Waals surface area (Å²) in [6.45, 7) is 13.7. The van der Waals surface area contributed by atoms with Crippen LogP contribution in [0.1, 0.15) is 27.2 Å². The quantitative estimate of drug-likeness (QED) is 0.432. The summed E-state index contributed by atoms with van der Waals surface area (Å²) in [5.74, 6) is 0. The van der Waals surface area contributed by atoms with E-state index >= 15 is 0 Å². The predicted octanol–water partition coefficient (Wildman–Crippen LogP) is 3.19. The summed E-state index contributed by atoms with van der Waals surface area (Å²) in [7, 11) is 0. The summed E-state index contributed by atoms with van der Waals surface area (Å²) in [5.41, 5.74) is 0.901. The van der Waals surface area contributed by atoms with Crippen LogP contribution in [0.2, 0.25) is 0 Å². The molecule has 0 aliphatic heterocycles. The lowest BCUT2D eigenvalue weighted by Gasteiger charge is -2.11. The minimum absolute atomic E-state index is 0.0158. The molecule has 0 bridgehead atoms. The number of hydrogen-bond donors (Lipinski definition) is 0. The Kier molecular flexibility index (Phi) is 3.80. The second kappa shape index (κ2) is 4.12. The largest absolute Gasteiger partial charge is 0.265 e. The molecule has 11 heavy (non-hydrogen) atoms. The van der Waals surface area contributed by atoms with E-state index < -0.39 is 0 Å². The first-order chi connectivity index (χ1) is 5.02. The van der Waals surface area contributed by atoms with Crippen LogP contribution in [0.3, 0.4) is 0 Å². The van der Waals surface area contributed by atoms with Gasteiger partial charge in [0.2, 0.25) is 0 Å². The van der Waals surface area contributed by atoms with E-state index in [9.17, 15) is 0 Å². The number of allylic oxidation sites excluding steroid dienone is 2. The molecule has 1 heteroatoms. The van der Waals surface area contributed by atoms with E-state index in [0.29, 0.717) is 0 Å². The summed E-state index contributed by atoms with van der Waals surface area (Å²) in [4.78, 5) is 4.19. The molecule has 62 valence electrons. The van der Waals surface area contributed by atoms with Gasteiger partial charge >= 0.3 is 0 Å². The van der Waals surface area contributed by atoms with Crippen LogP contribution in [0.5, 0.6) is 0 Å². The average molecular weight is 151 g/mol. The van der Waals surface area contributed by atoms with Crippen LogP contribution in [0.4, 0.5) is 0 Å². The molecule has 0 saturated heterocycles. The monoisotopic (exact) mass is 151 g/mol. The van der Waals surface area contributed by atoms with Crippen molar-refractivity contribution >= 4 is 6.21 Å². The van der Waals surface area contributed by atoms with Crippen molar-refractivity contribution in [1.82, 2.24) is 0 Å². The molecule has 0 radical (unpaired) electrons. The summed E-state index contributed by atoms with van der Waals surface area (Å²) >= 11 is 0. The highest BCUT2D eigenvalue weighted by Gasteiger charge is 2.07. The SMILES string of the molecule is C=CC(C)(C)C=NC(=C)CC. The lowest BCUT2D eigenvalue weighted by molar-refractivity contribution is 0.694. The first kappa shape index (κ1) is 10.2. The van der Waals surface area contributed by atoms with Gasteiger partial charge in [0, 0.05) is 17.3 Å². The minimum Gasteiger partial charge on any atom is -0.265 e. The van der Waals surface area contributed by atoms with Crippen molar-refractivity contribution in [3.8, 4) is 0 Å². The van der Waals surface area contributed by atoms with Gasteiger partial charge < -0.3 is 0 Å². The van der Waals surface area contributed by atoms with E-state index in [1.165, 1.54) is 0 Å². The molecule has 0 saturated carbocycles. The number of nitrogens with zero attached hydrogens (tertiary/aromatic N) is 1. The number of rotatable bonds is 4. The standard InChI is InChI=1S/C10H17N/c1-6-9(3)11-8-10(4,5)7-2/h7-8H,2-3,6H2,1,4-5H3. The van der Waals surface area contributed by atoms with Gasteiger partial charge in [0.25, 0.3) is 0 Å². The van der Waals surface area contributed by atoms with Crippen LogP contribution in [0.25, 0.3) is 0 Å². The van der Waals surface area contributed by atoms with Gasteiger partial charge in [-0.25, -0.2) is 0 Å². The zero-order chi connectivity index (χ0) is 8.91. The van der Waals surface area contributed by atoms with Gasteiger partial charge in [-0.05, 0) is 6.42 Å². The van der Waals surface area contributed by atoms with Crippen molar-refractivity contribution in [2.75, 3.05) is 0 Å². The summed E-state index contributed by atoms with van der Waals surface area (Å²) < 4.78 is 0. The van der Waals surface area contributed by atoms with Crippen LogP contribution in [0, 0.1) is 5.41 Å². The maximum atomic E-state index is 4.19. The fourth-order valence-corrected chi connectivity index (χ4v) is 0.402. The second-order valence-electron chi connectivity index (χ2n) is 3.20. The van der Waals surface area contributed by atoms with Gasteiger partial charge in [0.05, 0.1) is 0 Å². The third-order valence-electron chi connectivity index (χ3n) is 1.51. The van der Waals surface area contributed by atoms with Crippen LogP contribution >= 0.6 is 0 Å². The third kappa shape index (κ3) is 4.54. The molecule has 0 aromatic rings. The summed E-state index contributed by atoms with van der Waals surface area (Å²) in [5, 5.41) is 0. The van der Waals surface area contributed by atoms with Gasteiger partial charge in [0.15, 0.2) is 0 Å². The second-order valence-corrected chi connectivity index (χ2v) is 3.20. The maximum Gasteiger partial charge on any atom is 0.0325 e. The van der Waals surface area contributed by atoms with Crippen molar-refractivity contribution in [2.24, 2.45) is 10.4 Å². The Labute approximate surface area is 69.5 Å². The normalized spacial score (nSPS) is 11.9. The lowest BCUT2D eigenvalue weighted by atomic mass is 9.96. The van der Waals surface area contributed by atoms with Crippen molar-refractivity contribution in [3.63, 3.8) is 0 Å². The lowest BCUT2D eigenvalue weighted by Crippen LogP contribution is -2.07. The van der Waals surface area contributed by atoms with Crippen LogP contribution < -0.4 is 0 Å². The molecule has 0 spiro atoms. The maximum absolute atomic E-state index is 4.19. The molecule has 0 unspecified atom stereocenters. The van der Waals surface area contributed by atoms with Gasteiger partial charge in [-0.15, -0.1) is 6.58 Å². The van der Waals surface area contributed by atoms with E-state index in [4.69, 9.17) is 0 Å². The molecule has 0 aliphatic carbocycles. The first-order valence-corrected chi connectivity index (χ1v) is 3.88. The fraction of sp³-hybridized carbons (Fsp3) is 0.500. The molecule has 0 rings (SSSR count). The van der Waals surface area contributed by atoms with Crippen molar-refractivity contribution in [1.29, 1.82) is 0 Å². The number of hydrogen-bond acceptors (Lipinski definition) is 1. The van der Waals surface area contributed by atoms with Gasteiger partial charge in [-0.1, -0.05) is 33.4 Å². The van der Waals surface area contributed by atoms with Crippen LogP contribution in [-0.2, 0) is 0 Å². The summed E-state index contributed by atoms with van der Waals surface area (Å²) in [6.07, 6.45) is 4.66. The highest BCUT2D eigenvalue weighted by atomic mass is 14.7. The molecule has 1 nitrogen and oxygen atoms in total. The molecule has 0 fully saturated rings. The van der Waals surface area contributed by atoms with E-state index in [1.807, 2.05) is 19.2 Å². The van der Waals surface area contributed by atoms with E-state index in [-0.39, 0.29) is 5.41 Å². The fourth-order valence-electron chi connectivity index (χ4n) is 0.402. The molecule has 0 aromatic carbocycles. The van der Waals surface area contributed by atoms with Gasteiger partial charge in [0.1, 0.15) is 0 Å². The zero-order valence-corrected chi connectivity index (χ0v) is 7.72. The van der Waals surface area contributed by atoms with Crippen molar-refractivity contribution in [2.45, 2.75) is 27.2 Å². The molecule has 0 heterocycles. The van der Waals surface area contributed by atoms with E-state index in [1.54, 1.807) is 0 Å². The Balaban J connectivity index is 4.11. The minimum atomic E-state index is -0.0158. The first-order valence-electron chi connectivity index (χ1n) is 3.88.